The second-order valence-electron chi connectivity index (χ2n) is 6.30. The van der Waals surface area contributed by atoms with Crippen LogP contribution < -0.4 is 10.6 Å². The van der Waals surface area contributed by atoms with Crippen molar-refractivity contribution in [3.8, 4) is 6.07 Å². The molecule has 3 rings (SSSR count). The Hall–Kier alpha value is -2.80. The van der Waals surface area contributed by atoms with Crippen LogP contribution in [0, 0.1) is 17.2 Å². The number of aromatic nitrogens is 1. The standard InChI is InChI=1S/C19H17N3O/c1-19(2,12-20)16-5-3-13(4-6-16)9-14-10-15-11-21-8-7-17(15)22-18(14)23/h3-8,10-11,14H,9H2,1-2H3. The van der Waals surface area contributed by atoms with Crippen LogP contribution in [0.15, 0.2) is 47.7 Å². The molecule has 0 bridgehead atoms. The molecule has 1 aliphatic rings. The van der Waals surface area contributed by atoms with Crippen LogP contribution in [0.1, 0.15) is 25.0 Å². The summed E-state index contributed by atoms with van der Waals surface area (Å²) in [6.07, 6.45) is 5.91. The number of nitrogens with zero attached hydrogens (tertiary/aromatic N) is 3. The number of amides is 1. The lowest BCUT2D eigenvalue weighted by atomic mass is 9.85. The second-order valence-corrected chi connectivity index (χ2v) is 6.30. The zero-order valence-electron chi connectivity index (χ0n) is 13.2. The Balaban J connectivity index is 1.85. The van der Waals surface area contributed by atoms with Crippen molar-refractivity contribution in [2.75, 3.05) is 0 Å². The van der Waals surface area contributed by atoms with E-state index in [9.17, 15) is 10.1 Å². The smallest absolute Gasteiger partial charge is 0.253 e. The molecule has 2 aromatic rings. The highest BCUT2D eigenvalue weighted by atomic mass is 16.1. The number of pyridine rings is 1. The molecule has 4 heteroatoms. The lowest BCUT2D eigenvalue weighted by molar-refractivity contribution is -0.120. The van der Waals surface area contributed by atoms with Gasteiger partial charge in [0.1, 0.15) is 0 Å². The van der Waals surface area contributed by atoms with Gasteiger partial charge in [0, 0.05) is 17.6 Å². The Kier molecular flexibility index (Phi) is 3.79. The molecule has 0 saturated heterocycles. The molecule has 1 aromatic heterocycles. The Morgan fingerprint density at radius 1 is 1.22 bits per heavy atom. The van der Waals surface area contributed by atoms with Gasteiger partial charge in [0.25, 0.3) is 5.91 Å². The normalized spacial score (nSPS) is 16.7. The molecular formula is C19H17N3O. The molecule has 114 valence electrons. The number of fused-ring (bicyclic) bond motifs is 1. The number of rotatable bonds is 3. The molecule has 1 aromatic carbocycles. The Morgan fingerprint density at radius 2 is 1.96 bits per heavy atom. The van der Waals surface area contributed by atoms with E-state index in [-0.39, 0.29) is 11.8 Å². The van der Waals surface area contributed by atoms with Crippen molar-refractivity contribution < 1.29 is 4.79 Å². The predicted molar refractivity (Wildman–Crippen MR) is 86.8 cm³/mol. The van der Waals surface area contributed by atoms with Crippen molar-refractivity contribution in [2.24, 2.45) is 10.9 Å². The van der Waals surface area contributed by atoms with Crippen LogP contribution in [-0.2, 0) is 16.6 Å². The van der Waals surface area contributed by atoms with Gasteiger partial charge in [-0.05, 0) is 37.5 Å². The van der Waals surface area contributed by atoms with E-state index >= 15 is 0 Å². The van der Waals surface area contributed by atoms with E-state index in [1.54, 1.807) is 18.5 Å². The van der Waals surface area contributed by atoms with E-state index in [0.717, 1.165) is 16.3 Å². The average molecular weight is 303 g/mol. The number of benzene rings is 1. The van der Waals surface area contributed by atoms with Crippen LogP contribution in [0.25, 0.3) is 6.08 Å². The van der Waals surface area contributed by atoms with Crippen LogP contribution in [-0.4, -0.2) is 10.9 Å². The van der Waals surface area contributed by atoms with Crippen molar-refractivity contribution in [1.29, 1.82) is 5.26 Å². The van der Waals surface area contributed by atoms with Gasteiger partial charge in [0.2, 0.25) is 0 Å². The third-order valence-electron chi connectivity index (χ3n) is 4.17. The van der Waals surface area contributed by atoms with Crippen LogP contribution >= 0.6 is 0 Å². The second kappa shape index (κ2) is 5.77. The van der Waals surface area contributed by atoms with Gasteiger partial charge in [0.15, 0.2) is 0 Å². The molecule has 4 nitrogen and oxygen atoms in total. The molecule has 0 radical (unpaired) electrons. The van der Waals surface area contributed by atoms with Crippen LogP contribution in [0.3, 0.4) is 0 Å². The number of hydrogen-bond acceptors (Lipinski definition) is 3. The summed E-state index contributed by atoms with van der Waals surface area (Å²) < 4.78 is 0. The monoisotopic (exact) mass is 303 g/mol. The summed E-state index contributed by atoms with van der Waals surface area (Å²) in [5.41, 5.74) is 1.52. The molecule has 1 amide bonds. The lowest BCUT2D eigenvalue weighted by Gasteiger charge is -2.17. The molecule has 1 aliphatic heterocycles. The highest BCUT2D eigenvalue weighted by Gasteiger charge is 2.21. The van der Waals surface area contributed by atoms with Gasteiger partial charge < -0.3 is 0 Å². The summed E-state index contributed by atoms with van der Waals surface area (Å²) in [6, 6.07) is 11.9. The molecule has 23 heavy (non-hydrogen) atoms. The maximum atomic E-state index is 12.2. The minimum absolute atomic E-state index is 0.120. The minimum Gasteiger partial charge on any atom is -0.272 e. The third kappa shape index (κ3) is 3.04. The van der Waals surface area contributed by atoms with Gasteiger partial charge in [-0.2, -0.15) is 5.26 Å². The van der Waals surface area contributed by atoms with Gasteiger partial charge in [-0.25, -0.2) is 4.99 Å². The molecule has 0 aliphatic carbocycles. The average Bonchev–Trinajstić information content (AvgIpc) is 2.56. The fraction of sp³-hybridized carbons (Fsp3) is 0.263. The van der Waals surface area contributed by atoms with Gasteiger partial charge in [-0.15, -0.1) is 0 Å². The van der Waals surface area contributed by atoms with Crippen molar-refractivity contribution in [3.05, 3.63) is 64.4 Å². The van der Waals surface area contributed by atoms with E-state index < -0.39 is 5.41 Å². The highest BCUT2D eigenvalue weighted by molar-refractivity contribution is 5.86. The molecule has 0 saturated carbocycles. The van der Waals surface area contributed by atoms with E-state index in [0.29, 0.717) is 11.8 Å². The van der Waals surface area contributed by atoms with E-state index in [2.05, 4.69) is 16.0 Å². The molecule has 0 spiro atoms. The van der Waals surface area contributed by atoms with Gasteiger partial charge in [-0.1, -0.05) is 30.3 Å². The SMILES string of the molecule is CC(C)(C#N)c1ccc(CC2C=c3cnccc3=NC2=O)cc1. The highest BCUT2D eigenvalue weighted by Crippen LogP contribution is 2.23. The minimum atomic E-state index is -0.509. The Morgan fingerprint density at radius 3 is 2.65 bits per heavy atom. The van der Waals surface area contributed by atoms with Gasteiger partial charge in [-0.3, -0.25) is 9.78 Å². The number of carbonyl (C=O) groups is 1. The molecule has 1 unspecified atom stereocenters. The fourth-order valence-corrected chi connectivity index (χ4v) is 2.64. The van der Waals surface area contributed by atoms with Gasteiger partial charge >= 0.3 is 0 Å². The molecule has 0 N–H and O–H groups in total. The molecule has 2 heterocycles. The first-order chi connectivity index (χ1) is 11.0. The van der Waals surface area contributed by atoms with E-state index in [1.165, 1.54) is 0 Å². The van der Waals surface area contributed by atoms with Crippen molar-refractivity contribution in [2.45, 2.75) is 25.7 Å². The van der Waals surface area contributed by atoms with Crippen molar-refractivity contribution in [3.63, 3.8) is 0 Å². The summed E-state index contributed by atoms with van der Waals surface area (Å²) >= 11 is 0. The van der Waals surface area contributed by atoms with Crippen LogP contribution in [0.2, 0.25) is 0 Å². The summed E-state index contributed by atoms with van der Waals surface area (Å²) in [5, 5.41) is 10.8. The first-order valence-corrected chi connectivity index (χ1v) is 7.55. The molecule has 1 atom stereocenters. The van der Waals surface area contributed by atoms with Crippen molar-refractivity contribution in [1.82, 2.24) is 4.98 Å². The summed E-state index contributed by atoms with van der Waals surface area (Å²) in [4.78, 5) is 20.4. The Labute approximate surface area is 134 Å². The first kappa shape index (κ1) is 15.1. The number of carbonyl (C=O) groups excluding carboxylic acids is 1. The fourth-order valence-electron chi connectivity index (χ4n) is 2.64. The summed E-state index contributed by atoms with van der Waals surface area (Å²) in [5.74, 6) is -0.383. The van der Waals surface area contributed by atoms with E-state index in [1.807, 2.05) is 44.2 Å². The summed E-state index contributed by atoms with van der Waals surface area (Å²) in [7, 11) is 0. The first-order valence-electron chi connectivity index (χ1n) is 7.55. The lowest BCUT2D eigenvalue weighted by Crippen LogP contribution is -2.34. The third-order valence-corrected chi connectivity index (χ3v) is 4.17. The van der Waals surface area contributed by atoms with Crippen LogP contribution in [0.5, 0.6) is 0 Å². The maximum absolute atomic E-state index is 12.2. The summed E-state index contributed by atoms with van der Waals surface area (Å²) in [6.45, 7) is 3.78. The zero-order chi connectivity index (χ0) is 16.4. The predicted octanol–water partition coefficient (Wildman–Crippen LogP) is 1.68. The molecular weight excluding hydrogens is 286 g/mol. The van der Waals surface area contributed by atoms with Gasteiger partial charge in [0.05, 0.1) is 22.8 Å². The number of nitriles is 1. The topological polar surface area (TPSA) is 66.1 Å². The largest absolute Gasteiger partial charge is 0.272 e. The zero-order valence-corrected chi connectivity index (χ0v) is 13.2. The number of hydrogen-bond donors (Lipinski definition) is 0. The maximum Gasteiger partial charge on any atom is 0.253 e. The van der Waals surface area contributed by atoms with Crippen molar-refractivity contribution >= 4 is 12.0 Å². The van der Waals surface area contributed by atoms with Crippen LogP contribution in [0.4, 0.5) is 0 Å². The van der Waals surface area contributed by atoms with E-state index in [4.69, 9.17) is 0 Å². The quantitative estimate of drug-likeness (QED) is 0.866. The Bertz CT molecular complexity index is 905. The molecule has 0 fully saturated rings.